The zero-order chi connectivity index (χ0) is 41.4. The summed E-state index contributed by atoms with van der Waals surface area (Å²) in [7, 11) is 0. The van der Waals surface area contributed by atoms with Crippen LogP contribution in [0.15, 0.2) is 217 Å². The van der Waals surface area contributed by atoms with Crippen LogP contribution in [0.1, 0.15) is 0 Å². The minimum atomic E-state index is 0.559. The molecule has 6 nitrogen and oxygen atoms in total. The van der Waals surface area contributed by atoms with Crippen molar-refractivity contribution in [2.75, 3.05) is 0 Å². The fourth-order valence-electron chi connectivity index (χ4n) is 9.58. The van der Waals surface area contributed by atoms with Crippen LogP contribution in [-0.4, -0.2) is 24.1 Å². The van der Waals surface area contributed by atoms with Crippen molar-refractivity contribution >= 4 is 65.6 Å². The fourth-order valence-corrected chi connectivity index (χ4v) is 9.58. The van der Waals surface area contributed by atoms with Crippen molar-refractivity contribution in [3.63, 3.8) is 0 Å². The predicted octanol–water partition coefficient (Wildman–Crippen LogP) is 14.6. The number of benzene rings is 9. The Morgan fingerprint density at radius 2 is 0.825 bits per heavy atom. The van der Waals surface area contributed by atoms with Gasteiger partial charge in [0.15, 0.2) is 17.5 Å². The van der Waals surface area contributed by atoms with Gasteiger partial charge in [0.1, 0.15) is 11.2 Å². The Morgan fingerprint density at radius 3 is 1.49 bits per heavy atom. The highest BCUT2D eigenvalue weighted by atomic mass is 16.3. The fraction of sp³-hybridized carbons (Fsp3) is 0. The maximum absolute atomic E-state index is 7.03. The average molecular weight is 806 g/mol. The van der Waals surface area contributed by atoms with E-state index in [0.717, 1.165) is 66.6 Å². The Kier molecular flexibility index (Phi) is 7.80. The molecular formula is C57H35N5O. The first kappa shape index (κ1) is 35.2. The molecule has 0 N–H and O–H groups in total. The van der Waals surface area contributed by atoms with Crippen molar-refractivity contribution in [3.05, 3.63) is 212 Å². The number of hydrogen-bond acceptors (Lipinski definition) is 4. The minimum absolute atomic E-state index is 0.559. The van der Waals surface area contributed by atoms with Crippen molar-refractivity contribution in [1.82, 2.24) is 24.1 Å². The molecular weight excluding hydrogens is 771 g/mol. The molecule has 6 heteroatoms. The summed E-state index contributed by atoms with van der Waals surface area (Å²) in [6.07, 6.45) is 0. The van der Waals surface area contributed by atoms with Gasteiger partial charge in [-0.25, -0.2) is 15.0 Å². The number of fused-ring (bicyclic) bond motifs is 10. The number of rotatable bonds is 6. The van der Waals surface area contributed by atoms with Crippen LogP contribution < -0.4 is 0 Å². The molecule has 294 valence electrons. The molecule has 9 aromatic carbocycles. The van der Waals surface area contributed by atoms with Crippen LogP contribution in [0.4, 0.5) is 0 Å². The van der Waals surface area contributed by atoms with Gasteiger partial charge in [-0.15, -0.1) is 0 Å². The maximum Gasteiger partial charge on any atom is 0.167 e. The Hall–Kier alpha value is -8.61. The summed E-state index contributed by atoms with van der Waals surface area (Å²) in [5.74, 6) is 1.78. The Labute approximate surface area is 361 Å². The van der Waals surface area contributed by atoms with Crippen LogP contribution in [0, 0.1) is 0 Å². The molecule has 0 saturated carbocycles. The number of hydrogen-bond donors (Lipinski definition) is 0. The molecule has 0 saturated heterocycles. The number of aromatic nitrogens is 5. The lowest BCUT2D eigenvalue weighted by Crippen LogP contribution is -2.00. The molecule has 0 aliphatic heterocycles. The van der Waals surface area contributed by atoms with E-state index in [1.54, 1.807) is 0 Å². The largest absolute Gasteiger partial charge is 0.455 e. The zero-order valence-electron chi connectivity index (χ0n) is 33.9. The smallest absolute Gasteiger partial charge is 0.167 e. The second-order valence-corrected chi connectivity index (χ2v) is 16.0. The van der Waals surface area contributed by atoms with Crippen molar-refractivity contribution in [2.45, 2.75) is 0 Å². The SMILES string of the molecule is c1ccc(-c2nc(-c3ccccc3)nc(-c3cccc4c3oc3c(-c5ccc6c(c5)c5ccc7c(c8ccccc8n7-c7ccccc7)c5n6-c5ccccc5)cccc34)n2)cc1. The van der Waals surface area contributed by atoms with E-state index in [-0.39, 0.29) is 0 Å². The van der Waals surface area contributed by atoms with Crippen LogP contribution in [-0.2, 0) is 0 Å². The van der Waals surface area contributed by atoms with E-state index in [2.05, 4.69) is 155 Å². The highest BCUT2D eigenvalue weighted by Gasteiger charge is 2.23. The summed E-state index contributed by atoms with van der Waals surface area (Å²) in [6.45, 7) is 0. The second-order valence-electron chi connectivity index (χ2n) is 16.0. The Balaban J connectivity index is 1.04. The molecule has 0 atom stereocenters. The first-order chi connectivity index (χ1) is 31.3. The third-order valence-electron chi connectivity index (χ3n) is 12.4. The van der Waals surface area contributed by atoms with Crippen LogP contribution in [0.5, 0.6) is 0 Å². The van der Waals surface area contributed by atoms with Gasteiger partial charge in [-0.1, -0.05) is 158 Å². The van der Waals surface area contributed by atoms with Gasteiger partial charge < -0.3 is 13.6 Å². The summed E-state index contributed by atoms with van der Waals surface area (Å²) in [5.41, 5.74) is 13.2. The lowest BCUT2D eigenvalue weighted by Gasteiger charge is -2.10. The van der Waals surface area contributed by atoms with E-state index in [1.165, 1.54) is 38.1 Å². The van der Waals surface area contributed by atoms with Gasteiger partial charge in [0, 0.05) is 60.4 Å². The highest BCUT2D eigenvalue weighted by molar-refractivity contribution is 6.26. The van der Waals surface area contributed by atoms with Crippen molar-refractivity contribution in [3.8, 4) is 56.7 Å². The van der Waals surface area contributed by atoms with E-state index in [1.807, 2.05) is 66.7 Å². The van der Waals surface area contributed by atoms with E-state index in [0.29, 0.717) is 17.5 Å². The molecule has 0 aliphatic carbocycles. The third-order valence-corrected chi connectivity index (χ3v) is 12.4. The summed E-state index contributed by atoms with van der Waals surface area (Å²) >= 11 is 0. The minimum Gasteiger partial charge on any atom is -0.455 e. The molecule has 0 amide bonds. The maximum atomic E-state index is 7.03. The standard InChI is InChI=1S/C57H35N5O/c1-5-17-36(18-6-1)55-58-56(37-19-7-2-8-20-37)60-57(59-55)46-29-16-28-44-43-27-15-26-41(53(43)63-54(44)46)38-31-33-49-47(35-38)42-32-34-50-51(52(42)62(49)40-23-11-4-12-24-40)45-25-13-14-30-48(45)61(50)39-21-9-3-10-22-39/h1-35H. The molecule has 0 bridgehead atoms. The molecule has 0 unspecified atom stereocenters. The number of para-hydroxylation sites is 5. The van der Waals surface area contributed by atoms with Crippen molar-refractivity contribution in [1.29, 1.82) is 0 Å². The highest BCUT2D eigenvalue weighted by Crippen LogP contribution is 2.45. The molecule has 0 aliphatic rings. The van der Waals surface area contributed by atoms with E-state index >= 15 is 0 Å². The van der Waals surface area contributed by atoms with Crippen molar-refractivity contribution in [2.24, 2.45) is 0 Å². The summed E-state index contributed by atoms with van der Waals surface area (Å²) in [4.78, 5) is 15.1. The van der Waals surface area contributed by atoms with Gasteiger partial charge >= 0.3 is 0 Å². The van der Waals surface area contributed by atoms with Gasteiger partial charge in [-0.3, -0.25) is 0 Å². The Morgan fingerprint density at radius 1 is 0.317 bits per heavy atom. The molecule has 0 fully saturated rings. The molecule has 63 heavy (non-hydrogen) atoms. The molecule has 4 heterocycles. The third kappa shape index (κ3) is 5.48. The lowest BCUT2D eigenvalue weighted by atomic mass is 9.99. The van der Waals surface area contributed by atoms with E-state index in [9.17, 15) is 0 Å². The van der Waals surface area contributed by atoms with Crippen LogP contribution in [0.2, 0.25) is 0 Å². The van der Waals surface area contributed by atoms with Gasteiger partial charge in [0.05, 0.1) is 27.6 Å². The van der Waals surface area contributed by atoms with Crippen LogP contribution in [0.3, 0.4) is 0 Å². The van der Waals surface area contributed by atoms with Gasteiger partial charge in [0.2, 0.25) is 0 Å². The molecule has 0 radical (unpaired) electrons. The first-order valence-electron chi connectivity index (χ1n) is 21.2. The first-order valence-corrected chi connectivity index (χ1v) is 21.2. The normalized spacial score (nSPS) is 11.8. The van der Waals surface area contributed by atoms with Crippen LogP contribution >= 0.6 is 0 Å². The van der Waals surface area contributed by atoms with Crippen molar-refractivity contribution < 1.29 is 4.42 Å². The quantitative estimate of drug-likeness (QED) is 0.168. The van der Waals surface area contributed by atoms with Crippen LogP contribution in [0.25, 0.3) is 122 Å². The topological polar surface area (TPSA) is 61.7 Å². The van der Waals surface area contributed by atoms with Gasteiger partial charge in [0.25, 0.3) is 0 Å². The van der Waals surface area contributed by atoms with Gasteiger partial charge in [-0.05, 0) is 60.2 Å². The summed E-state index contributed by atoms with van der Waals surface area (Å²) in [5, 5.41) is 6.85. The molecule has 13 aromatic rings. The second kappa shape index (κ2) is 14.0. The lowest BCUT2D eigenvalue weighted by molar-refractivity contribution is 0.670. The monoisotopic (exact) mass is 805 g/mol. The number of nitrogens with zero attached hydrogens (tertiary/aromatic N) is 5. The zero-order valence-corrected chi connectivity index (χ0v) is 33.9. The molecule has 13 rings (SSSR count). The number of furan rings is 1. The van der Waals surface area contributed by atoms with Gasteiger partial charge in [-0.2, -0.15) is 0 Å². The van der Waals surface area contributed by atoms with E-state index < -0.39 is 0 Å². The summed E-state index contributed by atoms with van der Waals surface area (Å²) in [6, 6.07) is 74.4. The summed E-state index contributed by atoms with van der Waals surface area (Å²) < 4.78 is 11.9. The average Bonchev–Trinajstić information content (AvgIpc) is 4.02. The molecule has 4 aromatic heterocycles. The molecule has 0 spiro atoms. The Bertz CT molecular complexity index is 3830. The predicted molar refractivity (Wildman–Crippen MR) is 258 cm³/mol. The van der Waals surface area contributed by atoms with E-state index in [4.69, 9.17) is 19.4 Å².